The Morgan fingerprint density at radius 3 is 2.41 bits per heavy atom. The first-order valence-electron chi connectivity index (χ1n) is 10.0. The Morgan fingerprint density at radius 1 is 1.03 bits per heavy atom. The fraction of sp³-hybridized carbons (Fsp3) is 0.391. The summed E-state index contributed by atoms with van der Waals surface area (Å²) in [5, 5.41) is 0. The topological polar surface area (TPSA) is 40.6 Å². The minimum atomic E-state index is -0.260. The summed E-state index contributed by atoms with van der Waals surface area (Å²) in [7, 11) is 0. The molecule has 1 aliphatic heterocycles. The van der Waals surface area contributed by atoms with Crippen LogP contribution in [0.25, 0.3) is 0 Å². The van der Waals surface area contributed by atoms with E-state index in [-0.39, 0.29) is 23.5 Å². The molecule has 4 nitrogen and oxygen atoms in total. The Balaban J connectivity index is 1.24. The molecule has 1 saturated heterocycles. The number of carbonyl (C=O) groups excluding carboxylic acids is 2. The quantitative estimate of drug-likeness (QED) is 0.703. The summed E-state index contributed by atoms with van der Waals surface area (Å²) in [6, 6.07) is 14.8. The van der Waals surface area contributed by atoms with Gasteiger partial charge in [0.05, 0.1) is 5.75 Å². The lowest BCUT2D eigenvalue weighted by molar-refractivity contribution is -0.139. The van der Waals surface area contributed by atoms with Gasteiger partial charge in [0.1, 0.15) is 5.82 Å². The van der Waals surface area contributed by atoms with Gasteiger partial charge in [-0.25, -0.2) is 4.39 Å². The second-order valence-corrected chi connectivity index (χ2v) is 8.78. The molecule has 1 saturated carbocycles. The van der Waals surface area contributed by atoms with E-state index in [2.05, 4.69) is 12.1 Å². The van der Waals surface area contributed by atoms with Crippen molar-refractivity contribution < 1.29 is 14.0 Å². The summed E-state index contributed by atoms with van der Waals surface area (Å²) in [5.41, 5.74) is 2.09. The van der Waals surface area contributed by atoms with Crippen LogP contribution >= 0.6 is 11.8 Å². The number of benzene rings is 2. The van der Waals surface area contributed by atoms with Crippen molar-refractivity contribution in [1.82, 2.24) is 9.80 Å². The molecule has 0 spiro atoms. The summed E-state index contributed by atoms with van der Waals surface area (Å²) in [5.74, 6) is 0.806. The van der Waals surface area contributed by atoms with E-state index in [9.17, 15) is 14.0 Å². The molecule has 2 amide bonds. The van der Waals surface area contributed by atoms with E-state index in [0.29, 0.717) is 37.8 Å². The number of aryl methyl sites for hydroxylation is 1. The van der Waals surface area contributed by atoms with Crippen molar-refractivity contribution in [3.8, 4) is 0 Å². The maximum Gasteiger partial charge on any atom is 0.233 e. The highest BCUT2D eigenvalue weighted by Gasteiger charge is 2.46. The Bertz CT molecular complexity index is 897. The predicted molar refractivity (Wildman–Crippen MR) is 112 cm³/mol. The van der Waals surface area contributed by atoms with Crippen LogP contribution in [0.2, 0.25) is 0 Å². The molecule has 0 radical (unpaired) electrons. The molecule has 1 aliphatic carbocycles. The average molecular weight is 413 g/mol. The summed E-state index contributed by atoms with van der Waals surface area (Å²) in [4.78, 5) is 30.0. The molecular formula is C23H25FN2O2S. The molecule has 2 fully saturated rings. The number of hydrogen-bond donors (Lipinski definition) is 0. The minimum Gasteiger partial charge on any atom is -0.339 e. The molecular weight excluding hydrogens is 387 g/mol. The van der Waals surface area contributed by atoms with E-state index in [1.54, 1.807) is 6.07 Å². The lowest BCUT2D eigenvalue weighted by Crippen LogP contribution is -2.51. The van der Waals surface area contributed by atoms with Gasteiger partial charge in [0.15, 0.2) is 0 Å². The van der Waals surface area contributed by atoms with Crippen LogP contribution in [-0.4, -0.2) is 53.5 Å². The average Bonchev–Trinajstić information content (AvgIpc) is 3.54. The Morgan fingerprint density at radius 2 is 1.72 bits per heavy atom. The fourth-order valence-corrected chi connectivity index (χ4v) is 4.87. The lowest BCUT2D eigenvalue weighted by Gasteiger charge is -2.35. The van der Waals surface area contributed by atoms with Crippen LogP contribution in [-0.2, 0) is 9.59 Å². The standard InChI is InChI=1S/C23H25FN2O2S/c1-16-13-18(24)7-8-21(16)29-15-22(27)25-9-11-26(12-10-25)23(28)20-14-19(20)17-5-3-2-4-6-17/h2-8,13,19-20H,9-12,14-15H2,1H3/t19-,20+/m0/s1. The molecule has 4 rings (SSSR count). The zero-order valence-corrected chi connectivity index (χ0v) is 17.3. The van der Waals surface area contributed by atoms with Crippen LogP contribution in [0.15, 0.2) is 53.4 Å². The number of amides is 2. The Hall–Kier alpha value is -2.34. The maximum atomic E-state index is 13.2. The highest BCUT2D eigenvalue weighted by atomic mass is 32.2. The van der Waals surface area contributed by atoms with E-state index in [4.69, 9.17) is 0 Å². The SMILES string of the molecule is Cc1cc(F)ccc1SCC(=O)N1CCN(C(=O)[C@@H]2C[C@H]2c2ccccc2)CC1. The molecule has 152 valence electrons. The molecule has 2 aromatic rings. The summed E-state index contributed by atoms with van der Waals surface area (Å²) < 4.78 is 13.2. The monoisotopic (exact) mass is 412 g/mol. The summed E-state index contributed by atoms with van der Waals surface area (Å²) in [6.07, 6.45) is 0.926. The molecule has 0 bridgehead atoms. The van der Waals surface area contributed by atoms with E-state index in [1.807, 2.05) is 34.9 Å². The number of halogens is 1. The van der Waals surface area contributed by atoms with E-state index in [0.717, 1.165) is 16.9 Å². The van der Waals surface area contributed by atoms with Gasteiger partial charge in [0.25, 0.3) is 0 Å². The van der Waals surface area contributed by atoms with Crippen molar-refractivity contribution in [2.24, 2.45) is 5.92 Å². The van der Waals surface area contributed by atoms with Crippen molar-refractivity contribution in [2.75, 3.05) is 31.9 Å². The van der Waals surface area contributed by atoms with Gasteiger partial charge >= 0.3 is 0 Å². The van der Waals surface area contributed by atoms with E-state index >= 15 is 0 Å². The molecule has 29 heavy (non-hydrogen) atoms. The second-order valence-electron chi connectivity index (χ2n) is 7.76. The van der Waals surface area contributed by atoms with Crippen LogP contribution < -0.4 is 0 Å². The second kappa shape index (κ2) is 8.57. The first-order chi connectivity index (χ1) is 14.0. The third-order valence-electron chi connectivity index (χ3n) is 5.77. The number of piperazine rings is 1. The maximum absolute atomic E-state index is 13.2. The molecule has 0 aromatic heterocycles. The fourth-order valence-electron chi connectivity index (χ4n) is 3.95. The number of hydrogen-bond acceptors (Lipinski definition) is 3. The van der Waals surface area contributed by atoms with Gasteiger partial charge in [-0.05, 0) is 48.6 Å². The third kappa shape index (κ3) is 4.64. The zero-order valence-electron chi connectivity index (χ0n) is 16.5. The summed E-state index contributed by atoms with van der Waals surface area (Å²) >= 11 is 1.44. The largest absolute Gasteiger partial charge is 0.339 e. The highest BCUT2D eigenvalue weighted by Crippen LogP contribution is 2.48. The van der Waals surface area contributed by atoms with Crippen LogP contribution in [0, 0.1) is 18.7 Å². The van der Waals surface area contributed by atoms with Gasteiger partial charge in [-0.1, -0.05) is 30.3 Å². The van der Waals surface area contributed by atoms with Gasteiger partial charge in [0, 0.05) is 37.0 Å². The third-order valence-corrected chi connectivity index (χ3v) is 6.93. The molecule has 2 aromatic carbocycles. The molecule has 0 unspecified atom stereocenters. The van der Waals surface area contributed by atoms with Crippen molar-refractivity contribution in [1.29, 1.82) is 0 Å². The van der Waals surface area contributed by atoms with Gasteiger partial charge in [-0.3, -0.25) is 9.59 Å². The lowest BCUT2D eigenvalue weighted by atomic mass is 10.1. The predicted octanol–water partition coefficient (Wildman–Crippen LogP) is 3.70. The molecule has 6 heteroatoms. The van der Waals surface area contributed by atoms with Gasteiger partial charge < -0.3 is 9.80 Å². The van der Waals surface area contributed by atoms with Crippen molar-refractivity contribution in [2.45, 2.75) is 24.2 Å². The smallest absolute Gasteiger partial charge is 0.233 e. The number of carbonyl (C=O) groups is 2. The van der Waals surface area contributed by atoms with Crippen LogP contribution in [0.4, 0.5) is 4.39 Å². The van der Waals surface area contributed by atoms with Gasteiger partial charge in [0.2, 0.25) is 11.8 Å². The normalized spacial score (nSPS) is 21.2. The highest BCUT2D eigenvalue weighted by molar-refractivity contribution is 8.00. The van der Waals surface area contributed by atoms with E-state index in [1.165, 1.54) is 29.5 Å². The van der Waals surface area contributed by atoms with Crippen molar-refractivity contribution in [3.63, 3.8) is 0 Å². The molecule has 0 N–H and O–H groups in total. The Kier molecular flexibility index (Phi) is 5.90. The van der Waals surface area contributed by atoms with Gasteiger partial charge in [-0.15, -0.1) is 11.8 Å². The molecule has 1 heterocycles. The molecule has 2 aliphatic rings. The van der Waals surface area contributed by atoms with Crippen LogP contribution in [0.5, 0.6) is 0 Å². The van der Waals surface area contributed by atoms with E-state index < -0.39 is 0 Å². The van der Waals surface area contributed by atoms with Crippen LogP contribution in [0.3, 0.4) is 0 Å². The van der Waals surface area contributed by atoms with Gasteiger partial charge in [-0.2, -0.15) is 0 Å². The van der Waals surface area contributed by atoms with Crippen LogP contribution in [0.1, 0.15) is 23.5 Å². The number of nitrogens with zero attached hydrogens (tertiary/aromatic N) is 2. The van der Waals surface area contributed by atoms with Crippen molar-refractivity contribution >= 4 is 23.6 Å². The summed E-state index contributed by atoms with van der Waals surface area (Å²) in [6.45, 7) is 4.21. The number of rotatable bonds is 5. The zero-order chi connectivity index (χ0) is 20.4. The minimum absolute atomic E-state index is 0.0689. The van der Waals surface area contributed by atoms with Crippen molar-refractivity contribution in [3.05, 3.63) is 65.5 Å². The first-order valence-corrected chi connectivity index (χ1v) is 11.0. The number of thioether (sulfide) groups is 1. The molecule has 2 atom stereocenters. The first kappa shape index (κ1) is 20.0. The Labute approximate surface area is 175 Å².